The first-order valence-electron chi connectivity index (χ1n) is 5.06. The zero-order chi connectivity index (χ0) is 13.3. The normalized spacial score (nSPS) is 19.2. The van der Waals surface area contributed by atoms with Gasteiger partial charge in [0.15, 0.2) is 0 Å². The van der Waals surface area contributed by atoms with Crippen molar-refractivity contribution in [3.8, 4) is 0 Å². The number of nitrogens with one attached hydrogen (secondary N) is 1. The van der Waals surface area contributed by atoms with Crippen LogP contribution >= 0.6 is 0 Å². The number of hydrogen-bond donors (Lipinski definition) is 2. The van der Waals surface area contributed by atoms with Gasteiger partial charge in [-0.3, -0.25) is 14.7 Å². The Labute approximate surface area is 103 Å². The lowest BCUT2D eigenvalue weighted by molar-refractivity contribution is 0.534. The monoisotopic (exact) mass is 270 g/mol. The van der Waals surface area contributed by atoms with Crippen LogP contribution < -0.4 is 5.73 Å². The summed E-state index contributed by atoms with van der Waals surface area (Å²) >= 11 is 0. The lowest BCUT2D eigenvalue weighted by Gasteiger charge is -2.16. The van der Waals surface area contributed by atoms with Crippen LogP contribution in [0.2, 0.25) is 0 Å². The summed E-state index contributed by atoms with van der Waals surface area (Å²) in [7, 11) is -3.76. The minimum Gasteiger partial charge on any atom is -0.386 e. The first-order valence-corrected chi connectivity index (χ1v) is 6.50. The van der Waals surface area contributed by atoms with Crippen molar-refractivity contribution < 1.29 is 12.8 Å². The van der Waals surface area contributed by atoms with E-state index in [1.54, 1.807) is 0 Å². The summed E-state index contributed by atoms with van der Waals surface area (Å²) in [6, 6.07) is 3.85. The van der Waals surface area contributed by atoms with Crippen LogP contribution in [0.3, 0.4) is 0 Å². The van der Waals surface area contributed by atoms with E-state index in [0.717, 1.165) is 22.8 Å². The van der Waals surface area contributed by atoms with Crippen molar-refractivity contribution in [2.75, 3.05) is 6.54 Å². The van der Waals surface area contributed by atoms with Gasteiger partial charge in [-0.05, 0) is 24.3 Å². The first kappa shape index (κ1) is 12.5. The Morgan fingerprint density at radius 2 is 2.06 bits per heavy atom. The van der Waals surface area contributed by atoms with Gasteiger partial charge in [0.05, 0.1) is 11.4 Å². The van der Waals surface area contributed by atoms with Crippen molar-refractivity contribution in [3.63, 3.8) is 0 Å². The molecule has 8 heteroatoms. The lowest BCUT2D eigenvalue weighted by atomic mass is 10.3. The number of rotatable bonds is 3. The standard InChI is InChI=1S/C10H11FN4O2S/c11-7-1-3-8(4-2-7)18(16,17)15-5-9(10(12)13)14-6-15/h1-4,6,9H,5H2,(H3,12,13). The van der Waals surface area contributed by atoms with Gasteiger partial charge in [-0.1, -0.05) is 0 Å². The summed E-state index contributed by atoms with van der Waals surface area (Å²) < 4.78 is 38.0. The predicted octanol–water partition coefficient (Wildman–Crippen LogP) is 0.163. The maximum absolute atomic E-state index is 12.7. The van der Waals surface area contributed by atoms with E-state index >= 15 is 0 Å². The third kappa shape index (κ3) is 2.19. The smallest absolute Gasteiger partial charge is 0.265 e. The number of hydrogen-bond acceptors (Lipinski definition) is 4. The van der Waals surface area contributed by atoms with Crippen molar-refractivity contribution in [1.82, 2.24) is 4.31 Å². The number of sulfonamides is 1. The van der Waals surface area contributed by atoms with E-state index in [-0.39, 0.29) is 17.3 Å². The summed E-state index contributed by atoms with van der Waals surface area (Å²) in [5.41, 5.74) is 5.26. The Morgan fingerprint density at radius 3 is 2.56 bits per heavy atom. The third-order valence-corrected chi connectivity index (χ3v) is 4.24. The molecule has 0 radical (unpaired) electrons. The summed E-state index contributed by atoms with van der Waals surface area (Å²) in [4.78, 5) is 3.80. The highest BCUT2D eigenvalue weighted by Crippen LogP contribution is 2.18. The molecule has 1 aliphatic rings. The number of amidine groups is 1. The molecule has 1 aromatic rings. The molecule has 0 saturated heterocycles. The quantitative estimate of drug-likeness (QED) is 0.604. The summed E-state index contributed by atoms with van der Waals surface area (Å²) in [6.45, 7) is -0.00492. The highest BCUT2D eigenvalue weighted by molar-refractivity contribution is 7.89. The largest absolute Gasteiger partial charge is 0.386 e. The fourth-order valence-electron chi connectivity index (χ4n) is 1.50. The highest BCUT2D eigenvalue weighted by atomic mass is 32.2. The van der Waals surface area contributed by atoms with Gasteiger partial charge in [0.25, 0.3) is 10.0 Å². The first-order chi connectivity index (χ1) is 8.41. The molecule has 1 aliphatic heterocycles. The number of benzene rings is 1. The topological polar surface area (TPSA) is 99.6 Å². The molecule has 96 valence electrons. The van der Waals surface area contributed by atoms with Gasteiger partial charge in [0, 0.05) is 0 Å². The van der Waals surface area contributed by atoms with Crippen molar-refractivity contribution in [2.45, 2.75) is 10.9 Å². The molecule has 0 aromatic heterocycles. The van der Waals surface area contributed by atoms with Crippen LogP contribution in [0, 0.1) is 11.2 Å². The number of nitrogens with two attached hydrogens (primary N) is 1. The third-order valence-electron chi connectivity index (χ3n) is 2.51. The number of aliphatic imine (C=N–C) groups is 1. The van der Waals surface area contributed by atoms with Gasteiger partial charge in [0.2, 0.25) is 0 Å². The molecule has 1 unspecified atom stereocenters. The van der Waals surface area contributed by atoms with Gasteiger partial charge in [-0.25, -0.2) is 12.8 Å². The minimum atomic E-state index is -3.76. The molecule has 0 saturated carbocycles. The fraction of sp³-hybridized carbons (Fsp3) is 0.200. The molecule has 3 N–H and O–H groups in total. The molecule has 6 nitrogen and oxygen atoms in total. The molecule has 1 atom stereocenters. The average Bonchev–Trinajstić information content (AvgIpc) is 2.79. The SMILES string of the molecule is N=C(N)C1CN(S(=O)(=O)c2ccc(F)cc2)C=N1. The van der Waals surface area contributed by atoms with Crippen LogP contribution in [-0.2, 0) is 10.0 Å². The Morgan fingerprint density at radius 1 is 1.44 bits per heavy atom. The molecule has 0 spiro atoms. The van der Waals surface area contributed by atoms with Crippen molar-refractivity contribution >= 4 is 22.2 Å². The van der Waals surface area contributed by atoms with E-state index in [2.05, 4.69) is 4.99 Å². The zero-order valence-electron chi connectivity index (χ0n) is 9.25. The van der Waals surface area contributed by atoms with Crippen molar-refractivity contribution in [3.05, 3.63) is 30.1 Å². The van der Waals surface area contributed by atoms with Crippen molar-refractivity contribution in [1.29, 1.82) is 5.41 Å². The molecular weight excluding hydrogens is 259 g/mol. The maximum Gasteiger partial charge on any atom is 0.265 e. The molecule has 0 bridgehead atoms. The second-order valence-electron chi connectivity index (χ2n) is 3.76. The maximum atomic E-state index is 12.7. The number of halogens is 1. The van der Waals surface area contributed by atoms with Gasteiger partial charge in [-0.15, -0.1) is 0 Å². The molecule has 0 fully saturated rings. The van der Waals surface area contributed by atoms with Gasteiger partial charge in [0.1, 0.15) is 24.0 Å². The van der Waals surface area contributed by atoms with E-state index < -0.39 is 21.9 Å². The van der Waals surface area contributed by atoms with E-state index in [1.807, 2.05) is 0 Å². The van der Waals surface area contributed by atoms with E-state index in [0.29, 0.717) is 0 Å². The Balaban J connectivity index is 2.26. The van der Waals surface area contributed by atoms with Crippen LogP contribution in [0.25, 0.3) is 0 Å². The molecule has 0 aliphatic carbocycles. The van der Waals surface area contributed by atoms with E-state index in [1.165, 1.54) is 12.1 Å². The van der Waals surface area contributed by atoms with E-state index in [4.69, 9.17) is 11.1 Å². The molecule has 18 heavy (non-hydrogen) atoms. The molecule has 1 heterocycles. The Kier molecular flexibility index (Phi) is 3.04. The Hall–Kier alpha value is -1.96. The van der Waals surface area contributed by atoms with Crippen LogP contribution in [0.15, 0.2) is 34.2 Å². The van der Waals surface area contributed by atoms with E-state index in [9.17, 15) is 12.8 Å². The second kappa shape index (κ2) is 4.37. The molecular formula is C10H11FN4O2S. The van der Waals surface area contributed by atoms with Crippen LogP contribution in [0.5, 0.6) is 0 Å². The summed E-state index contributed by atoms with van der Waals surface area (Å²) in [5, 5.41) is 7.21. The molecule has 2 rings (SSSR count). The average molecular weight is 270 g/mol. The summed E-state index contributed by atoms with van der Waals surface area (Å²) in [6.07, 6.45) is 1.13. The summed E-state index contributed by atoms with van der Waals surface area (Å²) in [5.74, 6) is -0.700. The second-order valence-corrected chi connectivity index (χ2v) is 5.65. The number of nitrogens with zero attached hydrogens (tertiary/aromatic N) is 2. The van der Waals surface area contributed by atoms with Gasteiger partial charge in [-0.2, -0.15) is 0 Å². The molecule has 1 aromatic carbocycles. The van der Waals surface area contributed by atoms with Gasteiger partial charge >= 0.3 is 0 Å². The highest BCUT2D eigenvalue weighted by Gasteiger charge is 2.29. The van der Waals surface area contributed by atoms with Crippen molar-refractivity contribution in [2.24, 2.45) is 10.7 Å². The lowest BCUT2D eigenvalue weighted by Crippen LogP contribution is -2.35. The zero-order valence-corrected chi connectivity index (χ0v) is 10.1. The van der Waals surface area contributed by atoms with Crippen LogP contribution in [0.1, 0.15) is 0 Å². The minimum absolute atomic E-state index is 0.00492. The molecule has 0 amide bonds. The Bertz CT molecular complexity index is 597. The van der Waals surface area contributed by atoms with Gasteiger partial charge < -0.3 is 5.73 Å². The fourth-order valence-corrected chi connectivity index (χ4v) is 2.77. The predicted molar refractivity (Wildman–Crippen MR) is 64.5 cm³/mol. The van der Waals surface area contributed by atoms with Crippen LogP contribution in [-0.4, -0.2) is 37.5 Å². The van der Waals surface area contributed by atoms with Crippen LogP contribution in [0.4, 0.5) is 4.39 Å².